The van der Waals surface area contributed by atoms with E-state index in [2.05, 4.69) is 17.1 Å². The van der Waals surface area contributed by atoms with Crippen molar-refractivity contribution in [3.05, 3.63) is 70.4 Å². The lowest BCUT2D eigenvalue weighted by atomic mass is 10.1. The number of methoxy groups -OCH3 is 1. The summed E-state index contributed by atoms with van der Waals surface area (Å²) in [5.41, 5.74) is 4.00. The minimum absolute atomic E-state index is 0.117. The third-order valence-electron chi connectivity index (χ3n) is 4.75. The van der Waals surface area contributed by atoms with Gasteiger partial charge in [0, 0.05) is 36.0 Å². The zero-order valence-electron chi connectivity index (χ0n) is 15.5. The molecule has 1 N–H and O–H groups in total. The minimum atomic E-state index is -0.125. The summed E-state index contributed by atoms with van der Waals surface area (Å²) in [4.78, 5) is 17.4. The molecule has 1 atom stereocenters. The Kier molecular flexibility index (Phi) is 4.27. The summed E-state index contributed by atoms with van der Waals surface area (Å²) in [7, 11) is 1.64. The highest BCUT2D eigenvalue weighted by atomic mass is 16.5. The highest BCUT2D eigenvalue weighted by molar-refractivity contribution is 5.71. The fraction of sp³-hybridized carbons (Fsp3) is 0.250. The monoisotopic (exact) mass is 363 g/mol. The lowest BCUT2D eigenvalue weighted by Gasteiger charge is -2.11. The van der Waals surface area contributed by atoms with E-state index in [1.54, 1.807) is 19.4 Å². The molecule has 7 nitrogen and oxygen atoms in total. The molecule has 0 aliphatic rings. The number of hydrogen-bond acceptors (Lipinski definition) is 4. The number of benzene rings is 1. The lowest BCUT2D eigenvalue weighted by molar-refractivity contribution is 0.415. The van der Waals surface area contributed by atoms with Gasteiger partial charge in [-0.2, -0.15) is 5.10 Å². The van der Waals surface area contributed by atoms with Crippen LogP contribution in [0.4, 0.5) is 0 Å². The second-order valence-electron chi connectivity index (χ2n) is 6.63. The van der Waals surface area contributed by atoms with Crippen LogP contribution in [0.2, 0.25) is 0 Å². The lowest BCUT2D eigenvalue weighted by Crippen LogP contribution is -2.18. The molecule has 138 valence electrons. The van der Waals surface area contributed by atoms with Crippen LogP contribution in [0.15, 0.2) is 53.6 Å². The van der Waals surface area contributed by atoms with E-state index in [9.17, 15) is 4.79 Å². The molecule has 3 aromatic heterocycles. The van der Waals surface area contributed by atoms with Crippen molar-refractivity contribution in [1.82, 2.24) is 24.4 Å². The van der Waals surface area contributed by atoms with Crippen molar-refractivity contribution in [2.75, 3.05) is 7.11 Å². The minimum Gasteiger partial charge on any atom is -0.497 e. The fourth-order valence-electron chi connectivity index (χ4n) is 3.30. The Bertz CT molecular complexity index is 1140. The molecule has 0 saturated carbocycles. The Morgan fingerprint density at radius 2 is 2.11 bits per heavy atom. The van der Waals surface area contributed by atoms with Crippen molar-refractivity contribution in [3.63, 3.8) is 0 Å². The number of aromatic amines is 1. The third-order valence-corrected chi connectivity index (χ3v) is 4.75. The van der Waals surface area contributed by atoms with Gasteiger partial charge in [-0.3, -0.25) is 14.6 Å². The van der Waals surface area contributed by atoms with Crippen molar-refractivity contribution in [2.24, 2.45) is 0 Å². The summed E-state index contributed by atoms with van der Waals surface area (Å²) in [6.07, 6.45) is 4.30. The Morgan fingerprint density at radius 3 is 2.85 bits per heavy atom. The molecule has 0 aliphatic carbocycles. The Hall–Kier alpha value is -3.35. The third kappa shape index (κ3) is 3.12. The van der Waals surface area contributed by atoms with Crippen LogP contribution in [0.1, 0.15) is 24.2 Å². The van der Waals surface area contributed by atoms with E-state index in [0.717, 1.165) is 28.3 Å². The van der Waals surface area contributed by atoms with Crippen molar-refractivity contribution in [1.29, 1.82) is 0 Å². The van der Waals surface area contributed by atoms with E-state index < -0.39 is 0 Å². The van der Waals surface area contributed by atoms with E-state index in [0.29, 0.717) is 12.1 Å². The first kappa shape index (κ1) is 17.1. The fourth-order valence-corrected chi connectivity index (χ4v) is 3.30. The van der Waals surface area contributed by atoms with Crippen LogP contribution in [0.25, 0.3) is 16.9 Å². The summed E-state index contributed by atoms with van der Waals surface area (Å²) in [5.74, 6) is 0.764. The molecule has 0 aliphatic heterocycles. The molecular weight excluding hydrogens is 342 g/mol. The van der Waals surface area contributed by atoms with Gasteiger partial charge in [-0.05, 0) is 32.0 Å². The zero-order chi connectivity index (χ0) is 19.0. The number of H-pyrrole nitrogens is 1. The number of hydrogen-bond donors (Lipinski definition) is 1. The first-order valence-corrected chi connectivity index (χ1v) is 8.81. The molecule has 1 unspecified atom stereocenters. The molecule has 27 heavy (non-hydrogen) atoms. The average molecular weight is 363 g/mol. The van der Waals surface area contributed by atoms with E-state index >= 15 is 0 Å². The molecule has 0 saturated heterocycles. The molecular formula is C20H21N5O2. The predicted molar refractivity (Wildman–Crippen MR) is 103 cm³/mol. The number of nitrogens with zero attached hydrogens (tertiary/aromatic N) is 4. The SMILES string of the molecule is COc1cccc(-c2[nH]n3c(=O)cc(CC(C)n4cccn4)nc3c2C)c1. The molecule has 7 heteroatoms. The molecule has 3 heterocycles. The maximum Gasteiger partial charge on any atom is 0.272 e. The number of aromatic nitrogens is 5. The van der Waals surface area contributed by atoms with Crippen molar-refractivity contribution >= 4 is 5.65 Å². The quantitative estimate of drug-likeness (QED) is 0.591. The van der Waals surface area contributed by atoms with Crippen molar-refractivity contribution < 1.29 is 4.74 Å². The molecule has 0 bridgehead atoms. The number of rotatable bonds is 5. The predicted octanol–water partition coefficient (Wildman–Crippen LogP) is 3.01. The van der Waals surface area contributed by atoms with Crippen LogP contribution in [0.5, 0.6) is 5.75 Å². The Labute approximate surface area is 156 Å². The average Bonchev–Trinajstić information content (AvgIpc) is 3.31. The van der Waals surface area contributed by atoms with E-state index in [1.165, 1.54) is 4.52 Å². The van der Waals surface area contributed by atoms with Gasteiger partial charge in [-0.15, -0.1) is 0 Å². The Morgan fingerprint density at radius 1 is 1.26 bits per heavy atom. The molecule has 0 fully saturated rings. The topological polar surface area (TPSA) is 77.2 Å². The van der Waals surface area contributed by atoms with Crippen LogP contribution in [-0.4, -0.2) is 31.5 Å². The maximum atomic E-state index is 12.6. The Balaban J connectivity index is 1.76. The maximum absolute atomic E-state index is 12.6. The van der Waals surface area contributed by atoms with Crippen LogP contribution >= 0.6 is 0 Å². The van der Waals surface area contributed by atoms with Gasteiger partial charge in [-0.1, -0.05) is 12.1 Å². The molecule has 0 amide bonds. The smallest absolute Gasteiger partial charge is 0.272 e. The summed E-state index contributed by atoms with van der Waals surface area (Å²) in [6, 6.07) is 11.3. The largest absolute Gasteiger partial charge is 0.497 e. The summed E-state index contributed by atoms with van der Waals surface area (Å²) >= 11 is 0. The normalized spacial score (nSPS) is 12.4. The first-order valence-electron chi connectivity index (χ1n) is 8.81. The highest BCUT2D eigenvalue weighted by Gasteiger charge is 2.15. The first-order chi connectivity index (χ1) is 13.1. The second kappa shape index (κ2) is 6.75. The van der Waals surface area contributed by atoms with Gasteiger partial charge >= 0.3 is 0 Å². The highest BCUT2D eigenvalue weighted by Crippen LogP contribution is 2.27. The van der Waals surface area contributed by atoms with E-state index in [-0.39, 0.29) is 11.6 Å². The number of nitrogens with one attached hydrogen (secondary N) is 1. The van der Waals surface area contributed by atoms with Gasteiger partial charge in [-0.25, -0.2) is 9.50 Å². The molecule has 4 aromatic rings. The van der Waals surface area contributed by atoms with Crippen LogP contribution < -0.4 is 10.3 Å². The van der Waals surface area contributed by atoms with Gasteiger partial charge in [0.1, 0.15) is 5.75 Å². The summed E-state index contributed by atoms with van der Waals surface area (Å²) < 4.78 is 8.67. The van der Waals surface area contributed by atoms with Gasteiger partial charge in [0.2, 0.25) is 0 Å². The van der Waals surface area contributed by atoms with Crippen molar-refractivity contribution in [3.8, 4) is 17.0 Å². The summed E-state index contributed by atoms with van der Waals surface area (Å²) in [6.45, 7) is 4.02. The van der Waals surface area contributed by atoms with Gasteiger partial charge in [0.05, 0.1) is 24.5 Å². The van der Waals surface area contributed by atoms with Gasteiger partial charge in [0.15, 0.2) is 5.65 Å². The van der Waals surface area contributed by atoms with Crippen LogP contribution in [0, 0.1) is 6.92 Å². The molecule has 1 aromatic carbocycles. The second-order valence-corrected chi connectivity index (χ2v) is 6.63. The molecule has 4 rings (SSSR count). The van der Waals surface area contributed by atoms with Gasteiger partial charge in [0.25, 0.3) is 5.56 Å². The summed E-state index contributed by atoms with van der Waals surface area (Å²) in [5, 5.41) is 7.44. The molecule has 0 spiro atoms. The van der Waals surface area contributed by atoms with E-state index in [1.807, 2.05) is 48.1 Å². The zero-order valence-corrected chi connectivity index (χ0v) is 15.5. The van der Waals surface area contributed by atoms with Crippen LogP contribution in [0.3, 0.4) is 0 Å². The number of aryl methyl sites for hydroxylation is 1. The number of fused-ring (bicyclic) bond motifs is 1. The van der Waals surface area contributed by atoms with Gasteiger partial charge < -0.3 is 4.74 Å². The number of ether oxygens (including phenoxy) is 1. The van der Waals surface area contributed by atoms with Crippen molar-refractivity contribution in [2.45, 2.75) is 26.3 Å². The van der Waals surface area contributed by atoms with Crippen LogP contribution in [-0.2, 0) is 6.42 Å². The standard InChI is InChI=1S/C20H21N5O2/c1-13(24-9-5-8-21-24)10-16-12-18(26)25-20(22-16)14(2)19(23-25)15-6-4-7-17(11-15)27-3/h4-9,11-13,23H,10H2,1-3H3. The molecule has 0 radical (unpaired) electrons. The van der Waals surface area contributed by atoms with E-state index in [4.69, 9.17) is 9.72 Å².